The number of amides is 1. The number of nitrogens with zero attached hydrogens (tertiary/aromatic N) is 1. The van der Waals surface area contributed by atoms with E-state index in [4.69, 9.17) is 4.74 Å². The smallest absolute Gasteiger partial charge is 0.264 e. The molecule has 1 amide bonds. The molecule has 0 unspecified atom stereocenters. The number of hydrogen-bond acceptors (Lipinski definition) is 4. The molecule has 8 heteroatoms. The van der Waals surface area contributed by atoms with E-state index in [0.717, 1.165) is 33.3 Å². The summed E-state index contributed by atoms with van der Waals surface area (Å²) in [6, 6.07) is 19.0. The van der Waals surface area contributed by atoms with Gasteiger partial charge in [0.15, 0.2) is 0 Å². The van der Waals surface area contributed by atoms with Gasteiger partial charge in [-0.25, -0.2) is 12.8 Å². The summed E-state index contributed by atoms with van der Waals surface area (Å²) in [4.78, 5) is 12.6. The molecule has 33 heavy (non-hydrogen) atoms. The van der Waals surface area contributed by atoms with Gasteiger partial charge in [0.05, 0.1) is 17.7 Å². The minimum absolute atomic E-state index is 0.0894. The quantitative estimate of drug-likeness (QED) is 0.453. The highest BCUT2D eigenvalue weighted by atomic mass is 32.2. The van der Waals surface area contributed by atoms with E-state index in [2.05, 4.69) is 5.32 Å². The van der Waals surface area contributed by atoms with Gasteiger partial charge in [0, 0.05) is 6.54 Å². The van der Waals surface area contributed by atoms with Gasteiger partial charge in [-0.1, -0.05) is 35.9 Å². The number of carbonyl (C=O) groups is 1. The monoisotopic (exact) mass is 470 g/mol. The average molecular weight is 471 g/mol. The molecule has 3 rings (SSSR count). The maximum Gasteiger partial charge on any atom is 0.264 e. The van der Waals surface area contributed by atoms with Crippen LogP contribution in [0.4, 0.5) is 10.1 Å². The number of rotatable bonds is 10. The molecule has 0 fully saturated rings. The standard InChI is InChI=1S/C25H27FN2O4S/c1-19-9-13-22(14-10-19)28(33(30,31)23-15-11-21(26)12-16-23)18-25(29)27-17-5-7-20-6-3-4-8-24(20)32-2/h3-4,6,8-16H,5,7,17-18H2,1-2H3,(H,27,29). The molecule has 0 heterocycles. The average Bonchev–Trinajstić information content (AvgIpc) is 2.81. The van der Waals surface area contributed by atoms with Gasteiger partial charge in [0.1, 0.15) is 18.1 Å². The molecule has 1 N–H and O–H groups in total. The molecule has 0 aromatic heterocycles. The van der Waals surface area contributed by atoms with Gasteiger partial charge >= 0.3 is 0 Å². The molecule has 3 aromatic carbocycles. The Morgan fingerprint density at radius 3 is 2.33 bits per heavy atom. The molecule has 0 atom stereocenters. The van der Waals surface area contributed by atoms with Crippen molar-refractivity contribution in [2.45, 2.75) is 24.7 Å². The Morgan fingerprint density at radius 1 is 1.00 bits per heavy atom. The van der Waals surface area contributed by atoms with Crippen molar-refractivity contribution in [3.05, 3.63) is 89.7 Å². The number of sulfonamides is 1. The summed E-state index contributed by atoms with van der Waals surface area (Å²) in [5.41, 5.74) is 2.35. The summed E-state index contributed by atoms with van der Waals surface area (Å²) < 4.78 is 46.2. The van der Waals surface area contributed by atoms with Crippen molar-refractivity contribution >= 4 is 21.6 Å². The minimum atomic E-state index is -4.07. The Kier molecular flexibility index (Phi) is 8.06. The molecule has 0 aliphatic rings. The van der Waals surface area contributed by atoms with Crippen LogP contribution in [0.3, 0.4) is 0 Å². The lowest BCUT2D eigenvalue weighted by atomic mass is 10.1. The number of ether oxygens (including phenoxy) is 1. The third-order valence-electron chi connectivity index (χ3n) is 5.15. The molecule has 0 saturated carbocycles. The summed E-state index contributed by atoms with van der Waals surface area (Å²) in [6.45, 7) is 1.88. The molecule has 0 aliphatic heterocycles. The highest BCUT2D eigenvalue weighted by Crippen LogP contribution is 2.24. The summed E-state index contributed by atoms with van der Waals surface area (Å²) >= 11 is 0. The lowest BCUT2D eigenvalue weighted by Crippen LogP contribution is -2.41. The van der Waals surface area contributed by atoms with Crippen LogP contribution in [0.25, 0.3) is 0 Å². The third-order valence-corrected chi connectivity index (χ3v) is 6.94. The Balaban J connectivity index is 1.70. The van der Waals surface area contributed by atoms with Gasteiger partial charge in [-0.05, 0) is 67.8 Å². The molecule has 0 bridgehead atoms. The van der Waals surface area contributed by atoms with E-state index in [1.165, 1.54) is 12.1 Å². The summed E-state index contributed by atoms with van der Waals surface area (Å²) in [5, 5.41) is 2.79. The third kappa shape index (κ3) is 6.32. The molecule has 0 spiro atoms. The number of halogens is 1. The van der Waals surface area contributed by atoms with Gasteiger partial charge in [-0.2, -0.15) is 0 Å². The predicted molar refractivity (Wildman–Crippen MR) is 126 cm³/mol. The van der Waals surface area contributed by atoms with E-state index < -0.39 is 28.3 Å². The number of methoxy groups -OCH3 is 1. The van der Waals surface area contributed by atoms with Crippen LogP contribution in [-0.2, 0) is 21.2 Å². The van der Waals surface area contributed by atoms with Crippen LogP contribution in [0.2, 0.25) is 0 Å². The summed E-state index contributed by atoms with van der Waals surface area (Å²) in [6.07, 6.45) is 1.38. The summed E-state index contributed by atoms with van der Waals surface area (Å²) in [7, 11) is -2.46. The van der Waals surface area contributed by atoms with Gasteiger partial charge in [0.2, 0.25) is 5.91 Å². The Labute approximate surface area is 194 Å². The van der Waals surface area contributed by atoms with Crippen molar-refractivity contribution in [3.63, 3.8) is 0 Å². The number of anilines is 1. The van der Waals surface area contributed by atoms with Gasteiger partial charge in [0.25, 0.3) is 10.0 Å². The van der Waals surface area contributed by atoms with Gasteiger partial charge in [-0.3, -0.25) is 9.10 Å². The van der Waals surface area contributed by atoms with E-state index in [-0.39, 0.29) is 4.90 Å². The number of aryl methyl sites for hydroxylation is 2. The van der Waals surface area contributed by atoms with E-state index in [9.17, 15) is 17.6 Å². The fourth-order valence-electron chi connectivity index (χ4n) is 3.36. The highest BCUT2D eigenvalue weighted by molar-refractivity contribution is 7.92. The fourth-order valence-corrected chi connectivity index (χ4v) is 4.78. The second-order valence-corrected chi connectivity index (χ2v) is 9.43. The van der Waals surface area contributed by atoms with Crippen LogP contribution in [0, 0.1) is 12.7 Å². The second kappa shape index (κ2) is 11.0. The van der Waals surface area contributed by atoms with Crippen molar-refractivity contribution in [1.29, 1.82) is 0 Å². The van der Waals surface area contributed by atoms with Crippen molar-refractivity contribution < 1.29 is 22.3 Å². The number of benzene rings is 3. The number of carbonyl (C=O) groups excluding carboxylic acids is 1. The Bertz CT molecular complexity index is 1180. The number of para-hydroxylation sites is 1. The van der Waals surface area contributed by atoms with Crippen LogP contribution >= 0.6 is 0 Å². The molecule has 0 radical (unpaired) electrons. The first kappa shape index (κ1) is 24.3. The lowest BCUT2D eigenvalue weighted by Gasteiger charge is -2.24. The zero-order valence-electron chi connectivity index (χ0n) is 18.6. The van der Waals surface area contributed by atoms with Crippen LogP contribution in [0.15, 0.2) is 77.7 Å². The van der Waals surface area contributed by atoms with E-state index in [0.29, 0.717) is 25.1 Å². The molecular formula is C25H27FN2O4S. The van der Waals surface area contributed by atoms with Crippen LogP contribution in [-0.4, -0.2) is 34.5 Å². The van der Waals surface area contributed by atoms with E-state index in [1.807, 2.05) is 31.2 Å². The zero-order chi connectivity index (χ0) is 23.8. The maximum absolute atomic E-state index is 13.3. The maximum atomic E-state index is 13.3. The Hall–Kier alpha value is -3.39. The van der Waals surface area contributed by atoms with Gasteiger partial charge in [-0.15, -0.1) is 0 Å². The first-order valence-corrected chi connectivity index (χ1v) is 12.0. The first-order chi connectivity index (χ1) is 15.8. The largest absolute Gasteiger partial charge is 0.496 e. The first-order valence-electron chi connectivity index (χ1n) is 10.5. The number of nitrogens with one attached hydrogen (secondary N) is 1. The van der Waals surface area contributed by atoms with Crippen LogP contribution in [0.1, 0.15) is 17.5 Å². The Morgan fingerprint density at radius 2 is 1.67 bits per heavy atom. The fraction of sp³-hybridized carbons (Fsp3) is 0.240. The van der Waals surface area contributed by atoms with Crippen molar-refractivity contribution in [2.75, 3.05) is 24.5 Å². The molecule has 3 aromatic rings. The molecule has 0 saturated heterocycles. The predicted octanol–water partition coefficient (Wildman–Crippen LogP) is 4.09. The van der Waals surface area contributed by atoms with E-state index in [1.54, 1.807) is 31.4 Å². The number of hydrogen-bond donors (Lipinski definition) is 1. The highest BCUT2D eigenvalue weighted by Gasteiger charge is 2.27. The molecular weight excluding hydrogens is 443 g/mol. The second-order valence-electron chi connectivity index (χ2n) is 7.57. The van der Waals surface area contributed by atoms with Crippen LogP contribution in [0.5, 0.6) is 5.75 Å². The molecule has 6 nitrogen and oxygen atoms in total. The van der Waals surface area contributed by atoms with Crippen molar-refractivity contribution in [1.82, 2.24) is 5.32 Å². The molecule has 0 aliphatic carbocycles. The lowest BCUT2D eigenvalue weighted by molar-refractivity contribution is -0.119. The van der Waals surface area contributed by atoms with E-state index >= 15 is 0 Å². The zero-order valence-corrected chi connectivity index (χ0v) is 19.4. The van der Waals surface area contributed by atoms with Crippen molar-refractivity contribution in [2.24, 2.45) is 0 Å². The SMILES string of the molecule is COc1ccccc1CCCNC(=O)CN(c1ccc(C)cc1)S(=O)(=O)c1ccc(F)cc1. The normalized spacial score (nSPS) is 11.1. The minimum Gasteiger partial charge on any atom is -0.496 e. The van der Waals surface area contributed by atoms with Gasteiger partial charge < -0.3 is 10.1 Å². The summed E-state index contributed by atoms with van der Waals surface area (Å²) in [5.74, 6) is -0.176. The van der Waals surface area contributed by atoms with Crippen LogP contribution < -0.4 is 14.4 Å². The topological polar surface area (TPSA) is 75.7 Å². The van der Waals surface area contributed by atoms with Crippen molar-refractivity contribution in [3.8, 4) is 5.75 Å². The molecule has 174 valence electrons.